The topological polar surface area (TPSA) is 66.6 Å². The molecule has 0 radical (unpaired) electrons. The molecule has 0 aromatic carbocycles. The molecule has 0 spiro atoms. The van der Waals surface area contributed by atoms with Crippen molar-refractivity contribution in [1.29, 1.82) is 0 Å². The highest BCUT2D eigenvalue weighted by Crippen LogP contribution is 2.19. The second-order valence-electron chi connectivity index (χ2n) is 3.07. The van der Waals surface area contributed by atoms with Crippen molar-refractivity contribution in [2.24, 2.45) is 5.73 Å². The van der Waals surface area contributed by atoms with Crippen molar-refractivity contribution in [2.45, 2.75) is 18.4 Å². The van der Waals surface area contributed by atoms with Gasteiger partial charge in [0.15, 0.2) is 5.60 Å². The molecule has 1 amide bonds. The van der Waals surface area contributed by atoms with Crippen LogP contribution in [0.5, 0.6) is 0 Å². The maximum atomic E-state index is 11.3. The maximum Gasteiger partial charge on any atom is 0.255 e. The summed E-state index contributed by atoms with van der Waals surface area (Å²) in [5.41, 5.74) is 4.01. The zero-order valence-electron chi connectivity index (χ0n) is 6.71. The summed E-state index contributed by atoms with van der Waals surface area (Å²) in [6.45, 7) is 0.747. The highest BCUT2D eigenvalue weighted by Gasteiger charge is 2.39. The van der Waals surface area contributed by atoms with Crippen LogP contribution in [0.25, 0.3) is 0 Å². The van der Waals surface area contributed by atoms with Crippen molar-refractivity contribution in [3.05, 3.63) is 0 Å². The quantitative estimate of drug-likeness (QED) is 0.510. The van der Waals surface area contributed by atoms with Crippen LogP contribution < -0.4 is 5.73 Å². The van der Waals surface area contributed by atoms with Gasteiger partial charge in [-0.15, -0.1) is 0 Å². The van der Waals surface area contributed by atoms with Crippen molar-refractivity contribution in [2.75, 3.05) is 20.1 Å². The number of amides is 1. The average molecular weight is 158 g/mol. The van der Waals surface area contributed by atoms with E-state index in [4.69, 9.17) is 5.73 Å². The van der Waals surface area contributed by atoms with Crippen LogP contribution in [0.1, 0.15) is 12.8 Å². The molecule has 4 heteroatoms. The first-order chi connectivity index (χ1) is 5.10. The highest BCUT2D eigenvalue weighted by molar-refractivity contribution is 5.85. The molecular formula is C7H14N2O2. The SMILES string of the molecule is CN1CCCC(O)(CN)C1=O. The van der Waals surface area contributed by atoms with E-state index in [1.807, 2.05) is 0 Å². The van der Waals surface area contributed by atoms with Crippen LogP contribution in [0, 0.1) is 0 Å². The van der Waals surface area contributed by atoms with Crippen LogP contribution in [0.3, 0.4) is 0 Å². The summed E-state index contributed by atoms with van der Waals surface area (Å²) in [7, 11) is 1.68. The second-order valence-corrected chi connectivity index (χ2v) is 3.07. The molecule has 0 bridgehead atoms. The van der Waals surface area contributed by atoms with Crippen LogP contribution in [0.15, 0.2) is 0 Å². The Morgan fingerprint density at radius 3 is 2.91 bits per heavy atom. The number of hydrogen-bond donors (Lipinski definition) is 2. The van der Waals surface area contributed by atoms with Gasteiger partial charge in [0.1, 0.15) is 0 Å². The lowest BCUT2D eigenvalue weighted by molar-refractivity contribution is -0.153. The van der Waals surface area contributed by atoms with E-state index in [9.17, 15) is 9.90 Å². The molecule has 0 aromatic rings. The Morgan fingerprint density at radius 1 is 1.82 bits per heavy atom. The number of likely N-dealkylation sites (tertiary alicyclic amines) is 1. The Labute approximate surface area is 66.0 Å². The molecule has 1 rings (SSSR count). The molecule has 0 saturated carbocycles. The van der Waals surface area contributed by atoms with Crippen LogP contribution in [0.4, 0.5) is 0 Å². The Kier molecular flexibility index (Phi) is 2.15. The fraction of sp³-hybridized carbons (Fsp3) is 0.857. The summed E-state index contributed by atoms with van der Waals surface area (Å²) in [6, 6.07) is 0. The van der Waals surface area contributed by atoms with E-state index in [2.05, 4.69) is 0 Å². The third-order valence-corrected chi connectivity index (χ3v) is 2.17. The number of likely N-dealkylation sites (N-methyl/N-ethyl adjacent to an activating group) is 1. The third kappa shape index (κ3) is 1.36. The van der Waals surface area contributed by atoms with E-state index in [1.165, 1.54) is 4.90 Å². The van der Waals surface area contributed by atoms with Crippen LogP contribution >= 0.6 is 0 Å². The van der Waals surface area contributed by atoms with Crippen molar-refractivity contribution in [3.63, 3.8) is 0 Å². The van der Waals surface area contributed by atoms with Crippen LogP contribution in [0.2, 0.25) is 0 Å². The molecule has 4 nitrogen and oxygen atoms in total. The van der Waals surface area contributed by atoms with Gasteiger partial charge in [0.2, 0.25) is 0 Å². The molecule has 1 saturated heterocycles. The monoisotopic (exact) mass is 158 g/mol. The van der Waals surface area contributed by atoms with Gasteiger partial charge in [-0.2, -0.15) is 0 Å². The van der Waals surface area contributed by atoms with Crippen LogP contribution in [-0.4, -0.2) is 41.7 Å². The fourth-order valence-corrected chi connectivity index (χ4v) is 1.36. The molecule has 1 heterocycles. The molecule has 0 aliphatic carbocycles. The number of nitrogens with two attached hydrogens (primary N) is 1. The summed E-state index contributed by atoms with van der Waals surface area (Å²) in [5.74, 6) is -0.244. The van der Waals surface area contributed by atoms with Crippen LogP contribution in [-0.2, 0) is 4.79 Å². The number of aliphatic hydroxyl groups is 1. The van der Waals surface area contributed by atoms with Gasteiger partial charge in [-0.25, -0.2) is 0 Å². The summed E-state index contributed by atoms with van der Waals surface area (Å²) >= 11 is 0. The predicted molar refractivity (Wildman–Crippen MR) is 40.9 cm³/mol. The minimum Gasteiger partial charge on any atom is -0.379 e. The molecule has 3 N–H and O–H groups in total. The minimum atomic E-state index is -1.28. The maximum absolute atomic E-state index is 11.3. The van der Waals surface area contributed by atoms with Gasteiger partial charge in [-0.05, 0) is 12.8 Å². The summed E-state index contributed by atoms with van der Waals surface area (Å²) < 4.78 is 0. The lowest BCUT2D eigenvalue weighted by Gasteiger charge is -2.35. The van der Waals surface area contributed by atoms with Crippen molar-refractivity contribution in [3.8, 4) is 0 Å². The largest absolute Gasteiger partial charge is 0.379 e. The molecule has 0 aromatic heterocycles. The summed E-state index contributed by atoms with van der Waals surface area (Å²) in [5, 5.41) is 9.60. The molecule has 1 aliphatic heterocycles. The predicted octanol–water partition coefficient (Wildman–Crippen LogP) is -1.07. The van der Waals surface area contributed by atoms with E-state index in [0.29, 0.717) is 6.42 Å². The standard InChI is InChI=1S/C7H14N2O2/c1-9-4-2-3-7(11,5-8)6(9)10/h11H,2-5,8H2,1H3. The second kappa shape index (κ2) is 2.79. The highest BCUT2D eigenvalue weighted by atomic mass is 16.3. The minimum absolute atomic E-state index is 0.0240. The van der Waals surface area contributed by atoms with Gasteiger partial charge in [0, 0.05) is 20.1 Å². The van der Waals surface area contributed by atoms with Crippen molar-refractivity contribution >= 4 is 5.91 Å². The normalized spacial score (nSPS) is 32.6. The number of carbonyl (C=O) groups is 1. The first-order valence-corrected chi connectivity index (χ1v) is 3.78. The average Bonchev–Trinajstić information content (AvgIpc) is 2.00. The lowest BCUT2D eigenvalue weighted by Crippen LogP contribution is -2.55. The third-order valence-electron chi connectivity index (χ3n) is 2.17. The Hall–Kier alpha value is -0.610. The van der Waals surface area contributed by atoms with Gasteiger partial charge in [-0.3, -0.25) is 4.79 Å². The number of piperidine rings is 1. The zero-order chi connectivity index (χ0) is 8.48. The van der Waals surface area contributed by atoms with Gasteiger partial charge in [0.05, 0.1) is 0 Å². The number of hydrogen-bond acceptors (Lipinski definition) is 3. The lowest BCUT2D eigenvalue weighted by atomic mass is 9.92. The molecule has 1 atom stereocenters. The first-order valence-electron chi connectivity index (χ1n) is 3.78. The van der Waals surface area contributed by atoms with Gasteiger partial charge in [-0.1, -0.05) is 0 Å². The Balaban J connectivity index is 2.72. The smallest absolute Gasteiger partial charge is 0.255 e. The van der Waals surface area contributed by atoms with E-state index < -0.39 is 5.60 Å². The van der Waals surface area contributed by atoms with Gasteiger partial charge < -0.3 is 15.7 Å². The number of nitrogens with zero attached hydrogens (tertiary/aromatic N) is 1. The molecule has 1 unspecified atom stereocenters. The van der Waals surface area contributed by atoms with E-state index >= 15 is 0 Å². The number of rotatable bonds is 1. The summed E-state index contributed by atoms with van der Waals surface area (Å²) in [6.07, 6.45) is 1.32. The van der Waals surface area contributed by atoms with E-state index in [-0.39, 0.29) is 12.5 Å². The van der Waals surface area contributed by atoms with Crippen molar-refractivity contribution < 1.29 is 9.90 Å². The van der Waals surface area contributed by atoms with E-state index in [1.54, 1.807) is 7.05 Å². The number of carbonyl (C=O) groups excluding carboxylic acids is 1. The van der Waals surface area contributed by atoms with Crippen molar-refractivity contribution in [1.82, 2.24) is 4.90 Å². The zero-order valence-corrected chi connectivity index (χ0v) is 6.71. The molecule has 11 heavy (non-hydrogen) atoms. The molecular weight excluding hydrogens is 144 g/mol. The van der Waals surface area contributed by atoms with E-state index in [0.717, 1.165) is 13.0 Å². The molecule has 1 aliphatic rings. The fourth-order valence-electron chi connectivity index (χ4n) is 1.36. The van der Waals surface area contributed by atoms with Gasteiger partial charge >= 0.3 is 0 Å². The first kappa shape index (κ1) is 8.49. The Morgan fingerprint density at radius 2 is 2.45 bits per heavy atom. The van der Waals surface area contributed by atoms with Gasteiger partial charge in [0.25, 0.3) is 5.91 Å². The molecule has 1 fully saturated rings. The molecule has 64 valence electrons. The summed E-state index contributed by atoms with van der Waals surface area (Å²) in [4.78, 5) is 12.8. The Bertz CT molecular complexity index is 172.